The fourth-order valence-corrected chi connectivity index (χ4v) is 1.46. The van der Waals surface area contributed by atoms with Crippen LogP contribution in [0.5, 0.6) is 5.75 Å². The van der Waals surface area contributed by atoms with Crippen molar-refractivity contribution in [1.29, 1.82) is 0 Å². The molecule has 4 heteroatoms. The first-order chi connectivity index (χ1) is 5.40. The molecule has 0 aromatic carbocycles. The van der Waals surface area contributed by atoms with Crippen molar-refractivity contribution in [1.82, 2.24) is 9.97 Å². The second-order valence-electron chi connectivity index (χ2n) is 2.05. The van der Waals surface area contributed by atoms with Crippen molar-refractivity contribution < 1.29 is 4.74 Å². The summed E-state index contributed by atoms with van der Waals surface area (Å²) in [7, 11) is 1.62. The Morgan fingerprint density at radius 2 is 2.36 bits per heavy atom. The molecule has 0 spiro atoms. The molecular formula is C7H6N2OS. The molecule has 3 nitrogen and oxygen atoms in total. The van der Waals surface area contributed by atoms with Crippen molar-refractivity contribution in [3.05, 3.63) is 17.8 Å². The Labute approximate surface area is 67.7 Å². The summed E-state index contributed by atoms with van der Waals surface area (Å²) >= 11 is 1.53. The van der Waals surface area contributed by atoms with E-state index in [1.807, 2.05) is 6.07 Å². The minimum atomic E-state index is 0.753. The Hall–Kier alpha value is -1.16. The monoisotopic (exact) mass is 166 g/mol. The Balaban J connectivity index is 2.67. The number of hydrogen-bond donors (Lipinski definition) is 0. The number of methoxy groups -OCH3 is 1. The van der Waals surface area contributed by atoms with Crippen molar-refractivity contribution >= 4 is 21.7 Å². The van der Waals surface area contributed by atoms with Crippen LogP contribution in [0.1, 0.15) is 0 Å². The molecule has 2 rings (SSSR count). The van der Waals surface area contributed by atoms with E-state index in [9.17, 15) is 0 Å². The molecule has 0 aliphatic carbocycles. The molecule has 2 aromatic heterocycles. The Bertz CT molecular complexity index is 371. The lowest BCUT2D eigenvalue weighted by molar-refractivity contribution is 0.413. The zero-order valence-corrected chi connectivity index (χ0v) is 6.76. The van der Waals surface area contributed by atoms with Gasteiger partial charge in [-0.15, -0.1) is 11.3 Å². The molecule has 0 atom stereocenters. The Kier molecular flexibility index (Phi) is 1.47. The van der Waals surface area contributed by atoms with Gasteiger partial charge >= 0.3 is 0 Å². The van der Waals surface area contributed by atoms with Gasteiger partial charge in [-0.2, -0.15) is 0 Å². The molecule has 0 N–H and O–H groups in total. The van der Waals surface area contributed by atoms with Gasteiger partial charge in [0.2, 0.25) is 0 Å². The second-order valence-corrected chi connectivity index (χ2v) is 2.89. The highest BCUT2D eigenvalue weighted by molar-refractivity contribution is 7.16. The quantitative estimate of drug-likeness (QED) is 0.646. The predicted molar refractivity (Wildman–Crippen MR) is 44.0 cm³/mol. The molecule has 0 aliphatic rings. The van der Waals surface area contributed by atoms with Crippen LogP contribution in [0.3, 0.4) is 0 Å². The fraction of sp³-hybridized carbons (Fsp3) is 0.143. The third-order valence-electron chi connectivity index (χ3n) is 1.40. The van der Waals surface area contributed by atoms with E-state index >= 15 is 0 Å². The Morgan fingerprint density at radius 3 is 3.18 bits per heavy atom. The van der Waals surface area contributed by atoms with Crippen molar-refractivity contribution in [3.8, 4) is 5.75 Å². The normalized spacial score (nSPS) is 10.3. The maximum Gasteiger partial charge on any atom is 0.143 e. The van der Waals surface area contributed by atoms with Crippen LogP contribution < -0.4 is 4.74 Å². The topological polar surface area (TPSA) is 35.0 Å². The summed E-state index contributed by atoms with van der Waals surface area (Å²) in [4.78, 5) is 9.20. The fourth-order valence-electron chi connectivity index (χ4n) is 0.850. The van der Waals surface area contributed by atoms with Gasteiger partial charge in [0, 0.05) is 6.07 Å². The van der Waals surface area contributed by atoms with Gasteiger partial charge in [-0.05, 0) is 0 Å². The van der Waals surface area contributed by atoms with Crippen molar-refractivity contribution in [2.75, 3.05) is 7.11 Å². The van der Waals surface area contributed by atoms with Gasteiger partial charge in [-0.1, -0.05) is 0 Å². The van der Waals surface area contributed by atoms with E-state index in [2.05, 4.69) is 9.97 Å². The Morgan fingerprint density at radius 1 is 1.45 bits per heavy atom. The summed E-state index contributed by atoms with van der Waals surface area (Å²) in [5, 5.41) is 0. The molecule has 2 aromatic rings. The maximum atomic E-state index is 4.99. The van der Waals surface area contributed by atoms with Crippen LogP contribution >= 0.6 is 11.3 Å². The van der Waals surface area contributed by atoms with E-state index in [0.717, 1.165) is 16.1 Å². The average molecular weight is 166 g/mol. The zero-order valence-electron chi connectivity index (χ0n) is 5.94. The van der Waals surface area contributed by atoms with Crippen LogP contribution in [0.15, 0.2) is 17.8 Å². The van der Waals surface area contributed by atoms with Crippen LogP contribution in [-0.4, -0.2) is 17.1 Å². The molecule has 0 amide bonds. The SMILES string of the molecule is COc1cnc2scnc2c1. The molecule has 0 radical (unpaired) electrons. The van der Waals surface area contributed by atoms with E-state index in [-0.39, 0.29) is 0 Å². The van der Waals surface area contributed by atoms with E-state index in [1.165, 1.54) is 11.3 Å². The van der Waals surface area contributed by atoms with Crippen LogP contribution in [0.2, 0.25) is 0 Å². The van der Waals surface area contributed by atoms with Crippen molar-refractivity contribution in [3.63, 3.8) is 0 Å². The van der Waals surface area contributed by atoms with E-state index < -0.39 is 0 Å². The largest absolute Gasteiger partial charge is 0.495 e. The van der Waals surface area contributed by atoms with Crippen LogP contribution in [0.25, 0.3) is 10.3 Å². The van der Waals surface area contributed by atoms with E-state index in [0.29, 0.717) is 0 Å². The minimum Gasteiger partial charge on any atom is -0.495 e. The number of aromatic nitrogens is 2. The van der Waals surface area contributed by atoms with Gasteiger partial charge in [-0.3, -0.25) is 0 Å². The summed E-state index contributed by atoms with van der Waals surface area (Å²) in [5.41, 5.74) is 2.67. The zero-order chi connectivity index (χ0) is 7.68. The summed E-state index contributed by atoms with van der Waals surface area (Å²) in [6, 6.07) is 1.87. The number of thiazole rings is 1. The third kappa shape index (κ3) is 1.05. The molecule has 0 aliphatic heterocycles. The van der Waals surface area contributed by atoms with Gasteiger partial charge in [0.05, 0.1) is 18.8 Å². The van der Waals surface area contributed by atoms with Gasteiger partial charge in [-0.25, -0.2) is 9.97 Å². The predicted octanol–water partition coefficient (Wildman–Crippen LogP) is 1.70. The molecule has 0 bridgehead atoms. The van der Waals surface area contributed by atoms with Crippen molar-refractivity contribution in [2.45, 2.75) is 0 Å². The van der Waals surface area contributed by atoms with E-state index in [1.54, 1.807) is 18.8 Å². The minimum absolute atomic E-state index is 0.753. The van der Waals surface area contributed by atoms with Crippen LogP contribution in [-0.2, 0) is 0 Å². The van der Waals surface area contributed by atoms with Gasteiger partial charge in [0.15, 0.2) is 0 Å². The molecule has 11 heavy (non-hydrogen) atoms. The molecule has 0 saturated carbocycles. The number of pyridine rings is 1. The number of nitrogens with zero attached hydrogens (tertiary/aromatic N) is 2. The highest BCUT2D eigenvalue weighted by Crippen LogP contribution is 2.19. The molecule has 56 valence electrons. The molecular weight excluding hydrogens is 160 g/mol. The summed E-state index contributed by atoms with van der Waals surface area (Å²) in [5.74, 6) is 0.753. The summed E-state index contributed by atoms with van der Waals surface area (Å²) in [6.45, 7) is 0. The highest BCUT2D eigenvalue weighted by atomic mass is 32.1. The lowest BCUT2D eigenvalue weighted by Crippen LogP contribution is -1.83. The molecule has 0 saturated heterocycles. The summed E-state index contributed by atoms with van der Waals surface area (Å²) < 4.78 is 4.99. The van der Waals surface area contributed by atoms with E-state index in [4.69, 9.17) is 4.74 Å². The number of fused-ring (bicyclic) bond motifs is 1. The van der Waals surface area contributed by atoms with Crippen LogP contribution in [0, 0.1) is 0 Å². The first-order valence-corrected chi connectivity index (χ1v) is 4.01. The maximum absolute atomic E-state index is 4.99. The first kappa shape index (κ1) is 6.54. The van der Waals surface area contributed by atoms with Gasteiger partial charge in [0.1, 0.15) is 16.1 Å². The molecule has 0 fully saturated rings. The smallest absolute Gasteiger partial charge is 0.143 e. The lowest BCUT2D eigenvalue weighted by Gasteiger charge is -1.95. The lowest BCUT2D eigenvalue weighted by atomic mass is 10.4. The van der Waals surface area contributed by atoms with Crippen molar-refractivity contribution in [2.24, 2.45) is 0 Å². The highest BCUT2D eigenvalue weighted by Gasteiger charge is 1.98. The number of ether oxygens (including phenoxy) is 1. The average Bonchev–Trinajstić information content (AvgIpc) is 2.50. The second kappa shape index (κ2) is 2.47. The standard InChI is InChI=1S/C7H6N2OS/c1-10-5-2-6-7(8-3-5)11-4-9-6/h2-4H,1H3. The third-order valence-corrected chi connectivity index (χ3v) is 2.15. The summed E-state index contributed by atoms with van der Waals surface area (Å²) in [6.07, 6.45) is 1.69. The molecule has 2 heterocycles. The number of hydrogen-bond acceptors (Lipinski definition) is 4. The van der Waals surface area contributed by atoms with Gasteiger partial charge < -0.3 is 4.74 Å². The van der Waals surface area contributed by atoms with Gasteiger partial charge in [0.25, 0.3) is 0 Å². The number of rotatable bonds is 1. The first-order valence-electron chi connectivity index (χ1n) is 3.13. The molecule has 0 unspecified atom stereocenters. The van der Waals surface area contributed by atoms with Crippen LogP contribution in [0.4, 0.5) is 0 Å².